The first-order chi connectivity index (χ1) is 18.4. The van der Waals surface area contributed by atoms with Crippen LogP contribution in [0.5, 0.6) is 5.75 Å². The van der Waals surface area contributed by atoms with Crippen LogP contribution >= 0.6 is 0 Å². The van der Waals surface area contributed by atoms with Gasteiger partial charge < -0.3 is 24.3 Å². The molecule has 0 unspecified atom stereocenters. The number of nitrogens with one attached hydrogen (secondary N) is 1. The molecule has 2 aromatic rings. The molecule has 38 heavy (non-hydrogen) atoms. The Labute approximate surface area is 222 Å². The zero-order valence-electron chi connectivity index (χ0n) is 22.0. The molecule has 2 fully saturated rings. The summed E-state index contributed by atoms with van der Waals surface area (Å²) in [6.45, 7) is 9.38. The first kappa shape index (κ1) is 26.3. The van der Waals surface area contributed by atoms with Crippen LogP contribution in [0.3, 0.4) is 0 Å². The number of fused-ring (bicyclic) bond motifs is 1. The van der Waals surface area contributed by atoms with Crippen molar-refractivity contribution in [2.24, 2.45) is 0 Å². The van der Waals surface area contributed by atoms with Gasteiger partial charge in [-0.3, -0.25) is 14.6 Å². The summed E-state index contributed by atoms with van der Waals surface area (Å²) in [6, 6.07) is 11.0. The average Bonchev–Trinajstić information content (AvgIpc) is 3.48. The second-order valence-corrected chi connectivity index (χ2v) is 10.0. The van der Waals surface area contributed by atoms with Crippen LogP contribution in [0.25, 0.3) is 0 Å². The van der Waals surface area contributed by atoms with Crippen LogP contribution in [0.4, 0.5) is 20.6 Å². The third-order valence-corrected chi connectivity index (χ3v) is 7.34. The maximum Gasteiger partial charge on any atom is 0.414 e. The molecule has 1 atom stereocenters. The molecule has 5 rings (SSSR count). The van der Waals surface area contributed by atoms with E-state index in [9.17, 15) is 9.59 Å². The number of cyclic esters (lactones) is 1. The molecule has 0 radical (unpaired) electrons. The third kappa shape index (κ3) is 5.89. The van der Waals surface area contributed by atoms with Gasteiger partial charge in [0.1, 0.15) is 17.7 Å². The summed E-state index contributed by atoms with van der Waals surface area (Å²) in [6.07, 6.45) is -0.0834. The van der Waals surface area contributed by atoms with Crippen molar-refractivity contribution in [2.45, 2.75) is 32.9 Å². The lowest BCUT2D eigenvalue weighted by molar-refractivity contribution is -0.119. The summed E-state index contributed by atoms with van der Waals surface area (Å²) >= 11 is 0. The van der Waals surface area contributed by atoms with Gasteiger partial charge in [-0.2, -0.15) is 0 Å². The lowest BCUT2D eigenvalue weighted by atomic mass is 9.64. The number of hydrogen-bond acceptors (Lipinski definition) is 7. The lowest BCUT2D eigenvalue weighted by Crippen LogP contribution is -2.47. The number of carbonyl (C=O) groups excluding carboxylic acids is 2. The Morgan fingerprint density at radius 2 is 2.03 bits per heavy atom. The van der Waals surface area contributed by atoms with Crippen LogP contribution in [0.15, 0.2) is 36.4 Å². The molecular formula is C27H34BFN4O5. The zero-order chi connectivity index (χ0) is 26.6. The van der Waals surface area contributed by atoms with Crippen LogP contribution in [0.2, 0.25) is 6.82 Å². The van der Waals surface area contributed by atoms with Crippen molar-refractivity contribution in [3.63, 3.8) is 0 Å². The molecule has 1 N–H and O–H groups in total. The van der Waals surface area contributed by atoms with Gasteiger partial charge in [0.05, 0.1) is 37.7 Å². The van der Waals surface area contributed by atoms with E-state index in [-0.39, 0.29) is 31.7 Å². The summed E-state index contributed by atoms with van der Waals surface area (Å²) in [5.41, 5.74) is 3.36. The van der Waals surface area contributed by atoms with Crippen molar-refractivity contribution >= 4 is 35.8 Å². The highest BCUT2D eigenvalue weighted by Gasteiger charge is 2.33. The number of ether oxygens (including phenoxy) is 2. The maximum absolute atomic E-state index is 15.1. The van der Waals surface area contributed by atoms with Crippen molar-refractivity contribution in [2.75, 3.05) is 62.2 Å². The second-order valence-electron chi connectivity index (χ2n) is 10.0. The Morgan fingerprint density at radius 3 is 2.79 bits per heavy atom. The van der Waals surface area contributed by atoms with Gasteiger partial charge in [0.25, 0.3) is 0 Å². The second kappa shape index (κ2) is 11.6. The quantitative estimate of drug-likeness (QED) is 0.398. The minimum absolute atomic E-state index is 0.0693. The van der Waals surface area contributed by atoms with Crippen molar-refractivity contribution in [3.8, 4) is 5.75 Å². The van der Waals surface area contributed by atoms with Gasteiger partial charge in [-0.15, -0.1) is 0 Å². The van der Waals surface area contributed by atoms with Gasteiger partial charge in [-0.05, 0) is 41.7 Å². The largest absolute Gasteiger partial charge is 0.494 e. The Kier molecular flexibility index (Phi) is 8.04. The van der Waals surface area contributed by atoms with Crippen molar-refractivity contribution in [1.29, 1.82) is 0 Å². The smallest absolute Gasteiger partial charge is 0.414 e. The third-order valence-electron chi connectivity index (χ3n) is 7.34. The number of rotatable bonds is 9. The highest BCUT2D eigenvalue weighted by molar-refractivity contribution is 6.68. The number of halogens is 1. The first-order valence-corrected chi connectivity index (χ1v) is 13.2. The van der Waals surface area contributed by atoms with Gasteiger partial charge in [0, 0.05) is 39.6 Å². The Balaban J connectivity index is 1.07. The number of amides is 2. The van der Waals surface area contributed by atoms with Crippen molar-refractivity contribution < 1.29 is 28.1 Å². The summed E-state index contributed by atoms with van der Waals surface area (Å²) in [7, 11) is 0. The van der Waals surface area contributed by atoms with Gasteiger partial charge in [-0.25, -0.2) is 9.18 Å². The Morgan fingerprint density at radius 1 is 1.21 bits per heavy atom. The summed E-state index contributed by atoms with van der Waals surface area (Å²) in [4.78, 5) is 29.2. The number of anilines is 2. The van der Waals surface area contributed by atoms with E-state index in [4.69, 9.17) is 14.1 Å². The summed E-state index contributed by atoms with van der Waals surface area (Å²) in [5.74, 6) is 0.362. The van der Waals surface area contributed by atoms with Crippen LogP contribution in [-0.4, -0.2) is 82.3 Å². The highest BCUT2D eigenvalue weighted by Crippen LogP contribution is 2.28. The van der Waals surface area contributed by atoms with Crippen LogP contribution in [-0.2, 0) is 20.8 Å². The summed E-state index contributed by atoms with van der Waals surface area (Å²) < 4.78 is 32.2. The molecule has 0 aliphatic carbocycles. The summed E-state index contributed by atoms with van der Waals surface area (Å²) in [5, 5.41) is 2.64. The Bertz CT molecular complexity index is 1180. The molecular weight excluding hydrogens is 490 g/mol. The van der Waals surface area contributed by atoms with E-state index in [2.05, 4.69) is 23.1 Å². The minimum atomic E-state index is -0.537. The molecule has 3 aliphatic rings. The van der Waals surface area contributed by atoms with E-state index in [1.807, 2.05) is 17.0 Å². The van der Waals surface area contributed by atoms with Crippen LogP contribution < -0.4 is 25.3 Å². The molecule has 9 nitrogen and oxygen atoms in total. The fourth-order valence-corrected chi connectivity index (χ4v) is 5.30. The van der Waals surface area contributed by atoms with E-state index in [1.54, 1.807) is 12.1 Å². The van der Waals surface area contributed by atoms with Crippen LogP contribution in [0, 0.1) is 5.82 Å². The van der Waals surface area contributed by atoms with E-state index in [0.717, 1.165) is 44.9 Å². The van der Waals surface area contributed by atoms with Crippen molar-refractivity contribution in [1.82, 2.24) is 10.2 Å². The minimum Gasteiger partial charge on any atom is -0.494 e. The number of piperazine rings is 1. The standard InChI is InChI=1S/C27H34BFN4O5/c1-19(34)30-16-22-17-33(27(35)38-22)21-7-8-24(23(29)15-21)32-12-10-31(11-13-32)9-4-14-36-25-6-3-5-20-18-37-28(2)26(20)25/h3,5-8,15,22H,4,9-14,16-18H2,1-2H3,(H,30,34)/t22-/m0/s1. The van der Waals surface area contributed by atoms with Gasteiger partial charge in [-0.1, -0.05) is 19.0 Å². The highest BCUT2D eigenvalue weighted by atomic mass is 19.1. The molecule has 202 valence electrons. The predicted octanol–water partition coefficient (Wildman–Crippen LogP) is 2.24. The molecule has 0 spiro atoms. The molecule has 0 aromatic heterocycles. The number of carbonyl (C=O) groups is 2. The van der Waals surface area contributed by atoms with E-state index in [0.29, 0.717) is 24.6 Å². The molecule has 2 amide bonds. The van der Waals surface area contributed by atoms with Gasteiger partial charge in [0.15, 0.2) is 0 Å². The predicted molar refractivity (Wildman–Crippen MR) is 144 cm³/mol. The fourth-order valence-electron chi connectivity index (χ4n) is 5.30. The van der Waals surface area contributed by atoms with E-state index in [1.165, 1.54) is 28.9 Å². The monoisotopic (exact) mass is 524 g/mol. The van der Waals surface area contributed by atoms with E-state index < -0.39 is 12.2 Å². The Hall–Kier alpha value is -3.31. The van der Waals surface area contributed by atoms with Gasteiger partial charge >= 0.3 is 13.0 Å². The topological polar surface area (TPSA) is 83.6 Å². The number of hydrogen-bond donors (Lipinski definition) is 1. The lowest BCUT2D eigenvalue weighted by Gasteiger charge is -2.36. The van der Waals surface area contributed by atoms with Gasteiger partial charge in [0.2, 0.25) is 5.91 Å². The normalized spacial score (nSPS) is 19.5. The van der Waals surface area contributed by atoms with Crippen LogP contribution in [0.1, 0.15) is 18.9 Å². The molecule has 0 saturated carbocycles. The molecule has 2 saturated heterocycles. The fraction of sp³-hybridized carbons (Fsp3) is 0.481. The maximum atomic E-state index is 15.1. The first-order valence-electron chi connectivity index (χ1n) is 13.2. The molecule has 3 aliphatic heterocycles. The van der Waals surface area contributed by atoms with Crippen molar-refractivity contribution in [3.05, 3.63) is 47.8 Å². The number of nitrogens with zero attached hydrogens (tertiary/aromatic N) is 3. The molecule has 3 heterocycles. The SMILES string of the molecule is CB1OCc2cccc(OCCCN3CCN(c4ccc(N5C[C@H](CNC(C)=O)OC5=O)cc4F)CC3)c21. The molecule has 0 bridgehead atoms. The van der Waals surface area contributed by atoms with E-state index >= 15 is 4.39 Å². The average molecular weight is 524 g/mol. The zero-order valence-corrected chi connectivity index (χ0v) is 22.0. The molecule has 11 heteroatoms. The number of benzene rings is 2. The molecule has 2 aromatic carbocycles.